The first-order valence-electron chi connectivity index (χ1n) is 5.93. The highest BCUT2D eigenvalue weighted by molar-refractivity contribution is 7.89. The van der Waals surface area contributed by atoms with E-state index < -0.39 is 10.0 Å². The first-order valence-corrected chi connectivity index (χ1v) is 7.75. The van der Waals surface area contributed by atoms with Crippen LogP contribution in [0.2, 0.25) is 5.02 Å². The van der Waals surface area contributed by atoms with Gasteiger partial charge < -0.3 is 5.73 Å². The lowest BCUT2D eigenvalue weighted by Gasteiger charge is -2.30. The van der Waals surface area contributed by atoms with Crippen LogP contribution in [-0.2, 0) is 10.0 Å². The van der Waals surface area contributed by atoms with E-state index in [9.17, 15) is 8.42 Å². The van der Waals surface area contributed by atoms with Gasteiger partial charge in [0.2, 0.25) is 10.0 Å². The van der Waals surface area contributed by atoms with Crippen molar-refractivity contribution >= 4 is 21.6 Å². The topological polar surface area (TPSA) is 63.4 Å². The van der Waals surface area contributed by atoms with Gasteiger partial charge in [-0.3, -0.25) is 0 Å². The van der Waals surface area contributed by atoms with Crippen LogP contribution >= 0.6 is 11.6 Å². The Balaban J connectivity index is 2.35. The molecule has 1 atom stereocenters. The molecule has 0 spiro atoms. The summed E-state index contributed by atoms with van der Waals surface area (Å²) >= 11 is 5.85. The molecule has 1 aromatic rings. The maximum Gasteiger partial charge on any atom is 0.243 e. The molecule has 1 aliphatic heterocycles. The monoisotopic (exact) mass is 288 g/mol. The van der Waals surface area contributed by atoms with Gasteiger partial charge in [0.25, 0.3) is 0 Å². The molecular weight excluding hydrogens is 272 g/mol. The highest BCUT2D eigenvalue weighted by Crippen LogP contribution is 2.25. The zero-order valence-electron chi connectivity index (χ0n) is 10.3. The zero-order valence-corrected chi connectivity index (χ0v) is 11.8. The number of aryl methyl sites for hydroxylation is 1. The van der Waals surface area contributed by atoms with Gasteiger partial charge in [-0.1, -0.05) is 11.6 Å². The Hall–Kier alpha value is -0.620. The fraction of sp³-hybridized carbons (Fsp3) is 0.500. The molecule has 18 heavy (non-hydrogen) atoms. The first-order chi connectivity index (χ1) is 8.41. The summed E-state index contributed by atoms with van der Waals surface area (Å²) in [6, 6.07) is 4.76. The van der Waals surface area contributed by atoms with Gasteiger partial charge in [-0.05, 0) is 43.5 Å². The lowest BCUT2D eigenvalue weighted by molar-refractivity contribution is 0.316. The minimum atomic E-state index is -3.45. The van der Waals surface area contributed by atoms with Gasteiger partial charge in [-0.25, -0.2) is 8.42 Å². The number of hydrogen-bond acceptors (Lipinski definition) is 3. The van der Waals surface area contributed by atoms with Crippen LogP contribution in [0.5, 0.6) is 0 Å². The molecule has 1 aromatic carbocycles. The Bertz CT molecular complexity index is 545. The summed E-state index contributed by atoms with van der Waals surface area (Å²) in [5, 5.41) is 0.543. The quantitative estimate of drug-likeness (QED) is 0.902. The summed E-state index contributed by atoms with van der Waals surface area (Å²) in [6.07, 6.45) is 1.69. The maximum absolute atomic E-state index is 12.5. The molecule has 4 nitrogen and oxygen atoms in total. The molecule has 1 saturated heterocycles. The molecule has 1 heterocycles. The second-order valence-corrected chi connectivity index (χ2v) is 7.02. The number of nitrogens with zero attached hydrogens (tertiary/aromatic N) is 1. The van der Waals surface area contributed by atoms with Crippen molar-refractivity contribution in [2.75, 3.05) is 13.1 Å². The number of rotatable bonds is 2. The lowest BCUT2D eigenvalue weighted by Crippen LogP contribution is -2.45. The molecule has 1 aliphatic rings. The van der Waals surface area contributed by atoms with Crippen LogP contribution in [0.4, 0.5) is 0 Å². The van der Waals surface area contributed by atoms with E-state index in [1.165, 1.54) is 4.31 Å². The van der Waals surface area contributed by atoms with E-state index in [0.29, 0.717) is 28.6 Å². The molecule has 0 bridgehead atoms. The third kappa shape index (κ3) is 2.69. The van der Waals surface area contributed by atoms with E-state index in [1.807, 2.05) is 0 Å². The molecule has 0 saturated carbocycles. The smallest absolute Gasteiger partial charge is 0.243 e. The van der Waals surface area contributed by atoms with Crippen LogP contribution in [0.1, 0.15) is 18.4 Å². The largest absolute Gasteiger partial charge is 0.327 e. The van der Waals surface area contributed by atoms with Crippen molar-refractivity contribution in [3.8, 4) is 0 Å². The average Bonchev–Trinajstić information content (AvgIpc) is 2.28. The molecule has 100 valence electrons. The summed E-state index contributed by atoms with van der Waals surface area (Å²) in [7, 11) is -3.45. The number of halogens is 1. The van der Waals surface area contributed by atoms with Crippen molar-refractivity contribution in [1.29, 1.82) is 0 Å². The van der Waals surface area contributed by atoms with Gasteiger partial charge >= 0.3 is 0 Å². The van der Waals surface area contributed by atoms with Crippen LogP contribution < -0.4 is 5.73 Å². The van der Waals surface area contributed by atoms with Crippen molar-refractivity contribution in [1.82, 2.24) is 4.31 Å². The van der Waals surface area contributed by atoms with Crippen molar-refractivity contribution in [3.05, 3.63) is 28.8 Å². The molecule has 0 amide bonds. The fourth-order valence-electron chi connectivity index (χ4n) is 2.23. The Kier molecular flexibility index (Phi) is 3.96. The zero-order chi connectivity index (χ0) is 13.3. The Morgan fingerprint density at radius 2 is 2.17 bits per heavy atom. The Morgan fingerprint density at radius 3 is 2.78 bits per heavy atom. The SMILES string of the molecule is Cc1cc(Cl)ccc1S(=O)(=O)N1CCC[C@H](N)C1. The summed E-state index contributed by atoms with van der Waals surface area (Å²) < 4.78 is 26.5. The molecule has 0 radical (unpaired) electrons. The lowest BCUT2D eigenvalue weighted by atomic mass is 10.1. The average molecular weight is 289 g/mol. The van der Waals surface area contributed by atoms with Crippen LogP contribution in [-0.4, -0.2) is 31.9 Å². The molecule has 0 unspecified atom stereocenters. The number of nitrogens with two attached hydrogens (primary N) is 1. The number of sulfonamides is 1. The van der Waals surface area contributed by atoms with Crippen LogP contribution in [0, 0.1) is 6.92 Å². The molecule has 2 rings (SSSR count). The fourth-order valence-corrected chi connectivity index (χ4v) is 4.20. The predicted octanol–water partition coefficient (Wildman–Crippen LogP) is 1.76. The standard InChI is InChI=1S/C12H17ClN2O2S/c1-9-7-10(13)4-5-12(9)18(16,17)15-6-2-3-11(14)8-15/h4-5,7,11H,2-3,6,8,14H2,1H3/t11-/m0/s1. The second kappa shape index (κ2) is 5.17. The molecule has 1 fully saturated rings. The van der Waals surface area contributed by atoms with E-state index in [0.717, 1.165) is 12.8 Å². The van der Waals surface area contributed by atoms with Crippen molar-refractivity contribution in [2.45, 2.75) is 30.7 Å². The summed E-state index contributed by atoms with van der Waals surface area (Å²) in [5.74, 6) is 0. The van der Waals surface area contributed by atoms with Gasteiger partial charge in [0.15, 0.2) is 0 Å². The summed E-state index contributed by atoms with van der Waals surface area (Å²) in [6.45, 7) is 2.69. The van der Waals surface area contributed by atoms with Gasteiger partial charge in [0.1, 0.15) is 0 Å². The van der Waals surface area contributed by atoms with E-state index >= 15 is 0 Å². The van der Waals surface area contributed by atoms with Gasteiger partial charge in [0.05, 0.1) is 4.90 Å². The minimum Gasteiger partial charge on any atom is -0.327 e. The van der Waals surface area contributed by atoms with Crippen molar-refractivity contribution in [3.63, 3.8) is 0 Å². The maximum atomic E-state index is 12.5. The van der Waals surface area contributed by atoms with Crippen molar-refractivity contribution < 1.29 is 8.42 Å². The van der Waals surface area contributed by atoms with Gasteiger partial charge in [-0.15, -0.1) is 0 Å². The highest BCUT2D eigenvalue weighted by atomic mass is 35.5. The summed E-state index contributed by atoms with van der Waals surface area (Å²) in [4.78, 5) is 0.320. The van der Waals surface area contributed by atoms with E-state index in [-0.39, 0.29) is 6.04 Å². The molecule has 6 heteroatoms. The van der Waals surface area contributed by atoms with Crippen LogP contribution in [0.15, 0.2) is 23.1 Å². The molecular formula is C12H17ClN2O2S. The van der Waals surface area contributed by atoms with Gasteiger partial charge in [0, 0.05) is 24.2 Å². The normalized spacial score (nSPS) is 22.1. The third-order valence-electron chi connectivity index (χ3n) is 3.18. The van der Waals surface area contributed by atoms with E-state index in [1.54, 1.807) is 25.1 Å². The van der Waals surface area contributed by atoms with Gasteiger partial charge in [-0.2, -0.15) is 4.31 Å². The number of hydrogen-bond donors (Lipinski definition) is 1. The minimum absolute atomic E-state index is 0.0684. The molecule has 2 N–H and O–H groups in total. The Labute approximate surface area is 113 Å². The molecule has 0 aromatic heterocycles. The van der Waals surface area contributed by atoms with Crippen LogP contribution in [0.3, 0.4) is 0 Å². The number of benzene rings is 1. The Morgan fingerprint density at radius 1 is 1.44 bits per heavy atom. The highest BCUT2D eigenvalue weighted by Gasteiger charge is 2.29. The van der Waals surface area contributed by atoms with Crippen molar-refractivity contribution in [2.24, 2.45) is 5.73 Å². The van der Waals surface area contributed by atoms with E-state index in [4.69, 9.17) is 17.3 Å². The third-order valence-corrected chi connectivity index (χ3v) is 5.44. The summed E-state index contributed by atoms with van der Waals surface area (Å²) in [5.41, 5.74) is 6.50. The number of piperidine rings is 1. The second-order valence-electron chi connectivity index (χ2n) is 4.68. The molecule has 0 aliphatic carbocycles. The van der Waals surface area contributed by atoms with E-state index in [2.05, 4.69) is 0 Å². The van der Waals surface area contributed by atoms with Crippen LogP contribution in [0.25, 0.3) is 0 Å². The first kappa shape index (κ1) is 13.8. The predicted molar refractivity (Wildman–Crippen MR) is 72.2 cm³/mol.